The van der Waals surface area contributed by atoms with Crippen LogP contribution in [0.25, 0.3) is 43.6 Å². The summed E-state index contributed by atoms with van der Waals surface area (Å²) in [6.07, 6.45) is 0. The molecule has 0 fully saturated rings. The highest BCUT2D eigenvalue weighted by Gasteiger charge is 2.31. The first-order valence-corrected chi connectivity index (χ1v) is 15.9. The fraction of sp³-hybridized carbons (Fsp3) is 0.118. The van der Waals surface area contributed by atoms with Crippen LogP contribution in [-0.4, -0.2) is 9.13 Å². The van der Waals surface area contributed by atoms with Crippen molar-refractivity contribution in [1.82, 2.24) is 9.13 Å². The van der Waals surface area contributed by atoms with Crippen LogP contribution >= 0.6 is 23.1 Å². The number of nitrogens with zero attached hydrogens (tertiary/aromatic N) is 2. The lowest BCUT2D eigenvalue weighted by atomic mass is 10.1. The van der Waals surface area contributed by atoms with E-state index in [1.165, 1.54) is 32.6 Å². The maximum absolute atomic E-state index is 15.6. The number of hydrogen-bond acceptors (Lipinski definition) is 1. The molecule has 192 valence electrons. The molecule has 0 aliphatic heterocycles. The van der Waals surface area contributed by atoms with Crippen molar-refractivity contribution in [3.63, 3.8) is 0 Å². The van der Waals surface area contributed by atoms with Crippen molar-refractivity contribution in [2.75, 3.05) is 0 Å². The molecular formula is C34H28BrN2OP. The Morgan fingerprint density at radius 1 is 0.538 bits per heavy atom. The molecule has 5 heteroatoms. The average molecular weight is 591 g/mol. The first-order valence-electron chi connectivity index (χ1n) is 13.4. The van der Waals surface area contributed by atoms with Gasteiger partial charge in [0, 0.05) is 77.1 Å². The van der Waals surface area contributed by atoms with Crippen molar-refractivity contribution in [1.29, 1.82) is 0 Å². The van der Waals surface area contributed by atoms with E-state index in [0.717, 1.165) is 44.5 Å². The Bertz CT molecular complexity index is 1960. The van der Waals surface area contributed by atoms with E-state index in [1.807, 2.05) is 24.3 Å². The van der Waals surface area contributed by atoms with Gasteiger partial charge in [-0.1, -0.05) is 76.6 Å². The van der Waals surface area contributed by atoms with E-state index in [1.54, 1.807) is 0 Å². The maximum atomic E-state index is 15.6. The second kappa shape index (κ2) is 9.26. The van der Waals surface area contributed by atoms with Gasteiger partial charge in [0.25, 0.3) is 0 Å². The molecule has 0 aliphatic rings. The second-order valence-corrected chi connectivity index (χ2v) is 13.7. The average Bonchev–Trinajstić information content (AvgIpc) is 3.48. The van der Waals surface area contributed by atoms with E-state index >= 15 is 4.57 Å². The largest absolute Gasteiger partial charge is 0.341 e. The number of aromatic nitrogens is 2. The van der Waals surface area contributed by atoms with Crippen LogP contribution in [0.4, 0.5) is 0 Å². The molecule has 0 bridgehead atoms. The third-order valence-corrected chi connectivity index (χ3v) is 11.6. The Morgan fingerprint density at radius 2 is 0.949 bits per heavy atom. The van der Waals surface area contributed by atoms with Crippen molar-refractivity contribution in [2.24, 2.45) is 0 Å². The normalized spacial score (nSPS) is 12.3. The lowest BCUT2D eigenvalue weighted by Gasteiger charge is -2.21. The monoisotopic (exact) mass is 590 g/mol. The molecule has 5 aromatic carbocycles. The first kappa shape index (κ1) is 24.5. The van der Waals surface area contributed by atoms with Gasteiger partial charge < -0.3 is 13.7 Å². The van der Waals surface area contributed by atoms with E-state index in [2.05, 4.69) is 124 Å². The zero-order valence-electron chi connectivity index (χ0n) is 21.9. The molecular weight excluding hydrogens is 563 g/mol. The molecule has 0 aliphatic carbocycles. The summed E-state index contributed by atoms with van der Waals surface area (Å²) >= 11 is 3.57. The molecule has 0 saturated heterocycles. The van der Waals surface area contributed by atoms with Crippen LogP contribution in [0.3, 0.4) is 0 Å². The zero-order chi connectivity index (χ0) is 26.7. The quantitative estimate of drug-likeness (QED) is 0.185. The second-order valence-electron chi connectivity index (χ2n) is 10.0. The number of hydrogen-bond donors (Lipinski definition) is 0. The lowest BCUT2D eigenvalue weighted by Crippen LogP contribution is -2.25. The molecule has 2 heterocycles. The van der Waals surface area contributed by atoms with Crippen LogP contribution in [0.2, 0.25) is 0 Å². The van der Waals surface area contributed by atoms with Crippen molar-refractivity contribution in [2.45, 2.75) is 26.9 Å². The van der Waals surface area contributed by atoms with Crippen LogP contribution in [0.5, 0.6) is 0 Å². The smallest absolute Gasteiger partial charge is 0.171 e. The Labute approximate surface area is 236 Å². The number of benzene rings is 5. The summed E-state index contributed by atoms with van der Waals surface area (Å²) in [6, 6.07) is 37.8. The Morgan fingerprint density at radius 3 is 1.41 bits per heavy atom. The maximum Gasteiger partial charge on any atom is 0.171 e. The first-order chi connectivity index (χ1) is 19.0. The summed E-state index contributed by atoms with van der Waals surface area (Å²) in [6.45, 7) is 6.03. The Hall–Kier alpha value is -3.59. The summed E-state index contributed by atoms with van der Waals surface area (Å²) in [5, 5.41) is 7.39. The topological polar surface area (TPSA) is 26.9 Å². The highest BCUT2D eigenvalue weighted by atomic mass is 79.9. The molecule has 7 rings (SSSR count). The molecule has 39 heavy (non-hydrogen) atoms. The fourth-order valence-electron chi connectivity index (χ4n) is 6.25. The van der Waals surface area contributed by atoms with Crippen LogP contribution in [0, 0.1) is 0 Å². The Balaban J connectivity index is 1.54. The summed E-state index contributed by atoms with van der Waals surface area (Å²) in [4.78, 5) is 0. The minimum absolute atomic E-state index is 0.836. The number of fused-ring (bicyclic) bond motifs is 6. The number of rotatable bonds is 5. The SMILES string of the molecule is CCn1c2ccccc2c2ccc(P(=O)(c3ccc(Br)cc3)c3ccc4c5ccccc5n(CC)c4c3)cc21. The van der Waals surface area contributed by atoms with Gasteiger partial charge in [0.05, 0.1) is 0 Å². The zero-order valence-corrected chi connectivity index (χ0v) is 24.4. The van der Waals surface area contributed by atoms with Crippen LogP contribution in [0.15, 0.2) is 114 Å². The molecule has 0 radical (unpaired) electrons. The van der Waals surface area contributed by atoms with E-state index in [9.17, 15) is 0 Å². The minimum Gasteiger partial charge on any atom is -0.341 e. The van der Waals surface area contributed by atoms with Gasteiger partial charge in [0.1, 0.15) is 0 Å². The predicted octanol–water partition coefficient (Wildman–Crippen LogP) is 8.34. The highest BCUT2D eigenvalue weighted by Crippen LogP contribution is 2.45. The standard InChI is InChI=1S/C34H28BrN2OP/c1-3-36-31-11-7-5-9-27(31)29-19-17-25(21-33(29)36)39(38,24-15-13-23(35)14-16-24)26-18-20-30-28-10-6-8-12-32(28)37(4-2)34(30)22-26/h5-22H,3-4H2,1-2H3. The third-order valence-electron chi connectivity index (χ3n) is 8.06. The third kappa shape index (κ3) is 3.58. The van der Waals surface area contributed by atoms with Gasteiger partial charge in [-0.3, -0.25) is 0 Å². The summed E-state index contributed by atoms with van der Waals surface area (Å²) < 4.78 is 21.2. The number of aryl methyl sites for hydroxylation is 2. The summed E-state index contributed by atoms with van der Waals surface area (Å²) in [7, 11) is -3.20. The van der Waals surface area contributed by atoms with Gasteiger partial charge in [-0.05, 0) is 62.4 Å². The molecule has 0 saturated carbocycles. The van der Waals surface area contributed by atoms with Crippen LogP contribution < -0.4 is 15.9 Å². The van der Waals surface area contributed by atoms with Gasteiger partial charge in [-0.15, -0.1) is 0 Å². The number of halogens is 1. The molecule has 0 amide bonds. The molecule has 0 N–H and O–H groups in total. The van der Waals surface area contributed by atoms with Gasteiger partial charge in [-0.2, -0.15) is 0 Å². The van der Waals surface area contributed by atoms with E-state index in [-0.39, 0.29) is 0 Å². The van der Waals surface area contributed by atoms with E-state index < -0.39 is 7.14 Å². The number of para-hydroxylation sites is 2. The van der Waals surface area contributed by atoms with Crippen LogP contribution in [0.1, 0.15) is 13.8 Å². The molecule has 2 aromatic heterocycles. The van der Waals surface area contributed by atoms with E-state index in [4.69, 9.17) is 0 Å². The summed E-state index contributed by atoms with van der Waals surface area (Å²) in [5.74, 6) is 0. The van der Waals surface area contributed by atoms with Gasteiger partial charge in [0.2, 0.25) is 0 Å². The minimum atomic E-state index is -3.20. The molecule has 0 spiro atoms. The van der Waals surface area contributed by atoms with Gasteiger partial charge in [0.15, 0.2) is 7.14 Å². The fourth-order valence-corrected chi connectivity index (χ4v) is 9.15. The molecule has 3 nitrogen and oxygen atoms in total. The van der Waals surface area contributed by atoms with Crippen LogP contribution in [-0.2, 0) is 17.7 Å². The molecule has 0 atom stereocenters. The highest BCUT2D eigenvalue weighted by molar-refractivity contribution is 9.10. The molecule has 7 aromatic rings. The van der Waals surface area contributed by atoms with Gasteiger partial charge in [-0.25, -0.2) is 0 Å². The van der Waals surface area contributed by atoms with Crippen molar-refractivity contribution < 1.29 is 4.57 Å². The van der Waals surface area contributed by atoms with Crippen molar-refractivity contribution in [3.05, 3.63) is 114 Å². The Kier molecular flexibility index (Phi) is 5.80. The van der Waals surface area contributed by atoms with Crippen molar-refractivity contribution >= 4 is 82.6 Å². The van der Waals surface area contributed by atoms with Crippen molar-refractivity contribution in [3.8, 4) is 0 Å². The molecule has 0 unspecified atom stereocenters. The lowest BCUT2D eigenvalue weighted by molar-refractivity contribution is 0.592. The summed E-state index contributed by atoms with van der Waals surface area (Å²) in [5.41, 5.74) is 4.66. The predicted molar refractivity (Wildman–Crippen MR) is 171 cm³/mol. The van der Waals surface area contributed by atoms with Gasteiger partial charge >= 0.3 is 0 Å². The van der Waals surface area contributed by atoms with E-state index in [0.29, 0.717) is 0 Å².